The molecule has 0 N–H and O–H groups in total. The molecule has 29 heavy (non-hydrogen) atoms. The van der Waals surface area contributed by atoms with Crippen LogP contribution in [-0.4, -0.2) is 27.9 Å². The Bertz CT molecular complexity index is 833. The van der Waals surface area contributed by atoms with E-state index in [4.69, 9.17) is 4.74 Å². The molecular weight excluding hydrogens is 392 g/mol. The van der Waals surface area contributed by atoms with Crippen molar-refractivity contribution in [2.45, 2.75) is 52.2 Å². The van der Waals surface area contributed by atoms with Crippen molar-refractivity contribution in [3.8, 4) is 5.75 Å². The van der Waals surface area contributed by atoms with Gasteiger partial charge in [0.15, 0.2) is 0 Å². The van der Waals surface area contributed by atoms with Crippen LogP contribution in [0.4, 0.5) is 22.4 Å². The Labute approximate surface area is 166 Å². The molecule has 0 aliphatic carbocycles. The molecule has 0 bridgehead atoms. The van der Waals surface area contributed by atoms with E-state index in [9.17, 15) is 22.4 Å². The van der Waals surface area contributed by atoms with Gasteiger partial charge in [0, 0.05) is 5.56 Å². The van der Waals surface area contributed by atoms with Crippen LogP contribution in [0.3, 0.4) is 0 Å². The zero-order valence-electron chi connectivity index (χ0n) is 16.5. The predicted molar refractivity (Wildman–Crippen MR) is 97.5 cm³/mol. The molecule has 2 rings (SSSR count). The van der Waals surface area contributed by atoms with Crippen molar-refractivity contribution in [3.05, 3.63) is 59.7 Å². The first-order chi connectivity index (χ1) is 13.4. The number of hydrogen-bond acceptors (Lipinski definition) is 4. The number of carbonyl (C=O) groups excluding carboxylic acids is 1. The number of pyridine rings is 1. The number of ether oxygens (including phenoxy) is 2. The number of nitrogens with zero attached hydrogens (tertiary/aromatic N) is 2. The van der Waals surface area contributed by atoms with Crippen LogP contribution in [0.25, 0.3) is 0 Å². The Morgan fingerprint density at radius 2 is 1.79 bits per heavy atom. The molecule has 0 aliphatic rings. The second kappa shape index (κ2) is 8.67. The molecule has 9 heteroatoms. The zero-order valence-corrected chi connectivity index (χ0v) is 16.5. The highest BCUT2D eigenvalue weighted by atomic mass is 19.4. The number of halogens is 4. The third-order valence-corrected chi connectivity index (χ3v) is 3.81. The number of amides is 1. The van der Waals surface area contributed by atoms with E-state index in [0.717, 1.165) is 12.3 Å². The minimum absolute atomic E-state index is 0.100. The summed E-state index contributed by atoms with van der Waals surface area (Å²) in [5, 5.41) is 0. The van der Waals surface area contributed by atoms with Crippen LogP contribution < -0.4 is 4.74 Å². The van der Waals surface area contributed by atoms with Crippen molar-refractivity contribution in [2.24, 2.45) is 0 Å². The van der Waals surface area contributed by atoms with Gasteiger partial charge in [-0.15, -0.1) is 13.2 Å². The molecule has 158 valence electrons. The lowest BCUT2D eigenvalue weighted by Gasteiger charge is -2.32. The van der Waals surface area contributed by atoms with Gasteiger partial charge in [-0.05, 0) is 45.9 Å². The topological polar surface area (TPSA) is 51.7 Å². The molecule has 1 atom stereocenters. The molecule has 0 saturated carbocycles. The Balaban J connectivity index is 2.28. The fraction of sp³-hybridized carbons (Fsp3) is 0.400. The van der Waals surface area contributed by atoms with Gasteiger partial charge in [-0.2, -0.15) is 0 Å². The van der Waals surface area contributed by atoms with Crippen LogP contribution in [-0.2, 0) is 11.3 Å². The SMILES string of the molecule is C[C@H](c1ccccc1F)N(Cc1ccc(OC(F)(F)F)cn1)C(=O)OC(C)(C)C. The van der Waals surface area contributed by atoms with Gasteiger partial charge in [-0.25, -0.2) is 9.18 Å². The molecule has 0 unspecified atom stereocenters. The van der Waals surface area contributed by atoms with Crippen molar-refractivity contribution in [1.29, 1.82) is 0 Å². The summed E-state index contributed by atoms with van der Waals surface area (Å²) in [4.78, 5) is 17.9. The van der Waals surface area contributed by atoms with Gasteiger partial charge in [-0.3, -0.25) is 9.88 Å². The minimum atomic E-state index is -4.83. The van der Waals surface area contributed by atoms with E-state index in [2.05, 4.69) is 9.72 Å². The van der Waals surface area contributed by atoms with Crippen LogP contribution in [0.2, 0.25) is 0 Å². The molecule has 1 amide bonds. The standard InChI is InChI=1S/C20H22F4N2O3/c1-13(16-7-5-6-8-17(16)21)26(18(27)29-19(2,3)4)12-14-9-10-15(11-25-14)28-20(22,23)24/h5-11,13H,12H2,1-4H3/t13-/m1/s1. The Hall–Kier alpha value is -2.84. The zero-order chi connectivity index (χ0) is 21.8. The number of aromatic nitrogens is 1. The Morgan fingerprint density at radius 3 is 2.31 bits per heavy atom. The summed E-state index contributed by atoms with van der Waals surface area (Å²) in [5.41, 5.74) is -0.230. The van der Waals surface area contributed by atoms with Gasteiger partial charge in [0.05, 0.1) is 24.5 Å². The number of carbonyl (C=O) groups is 1. The first kappa shape index (κ1) is 22.4. The molecule has 0 aliphatic heterocycles. The van der Waals surface area contributed by atoms with E-state index in [1.165, 1.54) is 23.1 Å². The third kappa shape index (κ3) is 6.92. The average Bonchev–Trinajstić information content (AvgIpc) is 2.58. The van der Waals surface area contributed by atoms with E-state index >= 15 is 0 Å². The van der Waals surface area contributed by atoms with Gasteiger partial charge in [-0.1, -0.05) is 18.2 Å². The number of hydrogen-bond donors (Lipinski definition) is 0. The van der Waals surface area contributed by atoms with E-state index in [0.29, 0.717) is 0 Å². The van der Waals surface area contributed by atoms with Crippen LogP contribution in [0.15, 0.2) is 42.6 Å². The minimum Gasteiger partial charge on any atom is -0.444 e. The van der Waals surface area contributed by atoms with Gasteiger partial charge in [0.2, 0.25) is 0 Å². The number of benzene rings is 1. The predicted octanol–water partition coefficient (Wildman–Crippen LogP) is 5.62. The lowest BCUT2D eigenvalue weighted by Crippen LogP contribution is -2.38. The fourth-order valence-electron chi connectivity index (χ4n) is 2.53. The molecular formula is C20H22F4N2O3. The number of rotatable bonds is 5. The summed E-state index contributed by atoms with van der Waals surface area (Å²) >= 11 is 0. The summed E-state index contributed by atoms with van der Waals surface area (Å²) in [6.07, 6.45) is -4.62. The Kier molecular flexibility index (Phi) is 6.71. The molecule has 1 aromatic heterocycles. The van der Waals surface area contributed by atoms with Crippen molar-refractivity contribution in [3.63, 3.8) is 0 Å². The van der Waals surface area contributed by atoms with Gasteiger partial charge in [0.1, 0.15) is 17.2 Å². The molecule has 0 spiro atoms. The average molecular weight is 414 g/mol. The second-order valence-electron chi connectivity index (χ2n) is 7.34. The molecule has 0 saturated heterocycles. The first-order valence-corrected chi connectivity index (χ1v) is 8.80. The largest absolute Gasteiger partial charge is 0.573 e. The Morgan fingerprint density at radius 1 is 1.14 bits per heavy atom. The highest BCUT2D eigenvalue weighted by molar-refractivity contribution is 5.69. The van der Waals surface area contributed by atoms with Crippen molar-refractivity contribution < 1.29 is 31.8 Å². The third-order valence-electron chi connectivity index (χ3n) is 3.81. The molecule has 0 radical (unpaired) electrons. The van der Waals surface area contributed by atoms with Crippen molar-refractivity contribution >= 4 is 6.09 Å². The van der Waals surface area contributed by atoms with Crippen LogP contribution in [0, 0.1) is 5.82 Å². The van der Waals surface area contributed by atoms with Gasteiger partial charge >= 0.3 is 12.5 Å². The van der Waals surface area contributed by atoms with E-state index < -0.39 is 35.7 Å². The maximum atomic E-state index is 14.2. The molecule has 5 nitrogen and oxygen atoms in total. The maximum absolute atomic E-state index is 14.2. The quantitative estimate of drug-likeness (QED) is 0.596. The smallest absolute Gasteiger partial charge is 0.444 e. The highest BCUT2D eigenvalue weighted by Crippen LogP contribution is 2.27. The van der Waals surface area contributed by atoms with E-state index in [1.807, 2.05) is 0 Å². The normalized spacial score (nSPS) is 13.0. The summed E-state index contributed by atoms with van der Waals surface area (Å²) in [6, 6.07) is 7.68. The van der Waals surface area contributed by atoms with Crippen LogP contribution >= 0.6 is 0 Å². The molecule has 1 heterocycles. The highest BCUT2D eigenvalue weighted by Gasteiger charge is 2.32. The molecule has 1 aromatic carbocycles. The van der Waals surface area contributed by atoms with E-state index in [1.54, 1.807) is 39.8 Å². The van der Waals surface area contributed by atoms with E-state index in [-0.39, 0.29) is 17.8 Å². The van der Waals surface area contributed by atoms with Crippen molar-refractivity contribution in [2.75, 3.05) is 0 Å². The summed E-state index contributed by atoms with van der Waals surface area (Å²) in [7, 11) is 0. The van der Waals surface area contributed by atoms with Crippen LogP contribution in [0.1, 0.15) is 45.0 Å². The first-order valence-electron chi connectivity index (χ1n) is 8.80. The lowest BCUT2D eigenvalue weighted by atomic mass is 10.1. The van der Waals surface area contributed by atoms with Gasteiger partial charge in [0.25, 0.3) is 0 Å². The van der Waals surface area contributed by atoms with Gasteiger partial charge < -0.3 is 9.47 Å². The number of alkyl halides is 3. The fourth-order valence-corrected chi connectivity index (χ4v) is 2.53. The summed E-state index contributed by atoms with van der Waals surface area (Å²) < 4.78 is 60.3. The lowest BCUT2D eigenvalue weighted by molar-refractivity contribution is -0.274. The summed E-state index contributed by atoms with van der Waals surface area (Å²) in [6.45, 7) is 6.61. The second-order valence-corrected chi connectivity index (χ2v) is 7.34. The summed E-state index contributed by atoms with van der Waals surface area (Å²) in [5.74, 6) is -0.970. The maximum Gasteiger partial charge on any atom is 0.573 e. The molecule has 0 fully saturated rings. The van der Waals surface area contributed by atoms with Crippen LogP contribution in [0.5, 0.6) is 5.75 Å². The molecule has 2 aromatic rings. The monoisotopic (exact) mass is 414 g/mol. The van der Waals surface area contributed by atoms with Crippen molar-refractivity contribution in [1.82, 2.24) is 9.88 Å².